The number of rotatable bonds is 5. The lowest BCUT2D eigenvalue weighted by molar-refractivity contribution is 0.0811. The van der Waals surface area contributed by atoms with E-state index in [1.165, 1.54) is 0 Å². The third-order valence-electron chi connectivity index (χ3n) is 4.65. The Balaban J connectivity index is 1.70. The molecule has 2 aromatic rings. The minimum absolute atomic E-state index is 0.0182. The third kappa shape index (κ3) is 4.33. The average molecular weight is 360 g/mol. The number of ether oxygens (including phenoxy) is 1. The fourth-order valence-corrected chi connectivity index (χ4v) is 3.59. The van der Waals surface area contributed by atoms with Crippen LogP contribution in [-0.2, 0) is 6.54 Å². The number of carbonyl (C=O) groups is 1. The lowest BCUT2D eigenvalue weighted by Gasteiger charge is -2.32. The summed E-state index contributed by atoms with van der Waals surface area (Å²) in [6.07, 6.45) is 1.88. The molecule has 25 heavy (non-hydrogen) atoms. The largest absolute Gasteiger partial charge is 0.508 e. The van der Waals surface area contributed by atoms with Gasteiger partial charge in [0.25, 0.3) is 0 Å². The summed E-state index contributed by atoms with van der Waals surface area (Å²) in [6.45, 7) is 2.36. The maximum absolute atomic E-state index is 12.8. The van der Waals surface area contributed by atoms with Crippen molar-refractivity contribution in [2.24, 2.45) is 5.92 Å². The Labute approximate surface area is 153 Å². The van der Waals surface area contributed by atoms with Gasteiger partial charge in [-0.3, -0.25) is 9.69 Å². The summed E-state index contributed by atoms with van der Waals surface area (Å²) in [7, 11) is 1.60. The highest BCUT2D eigenvalue weighted by Gasteiger charge is 2.27. The summed E-state index contributed by atoms with van der Waals surface area (Å²) >= 11 is 6.01. The Morgan fingerprint density at radius 3 is 2.92 bits per heavy atom. The van der Waals surface area contributed by atoms with Gasteiger partial charge in [0, 0.05) is 41.2 Å². The van der Waals surface area contributed by atoms with Crippen LogP contribution in [0.5, 0.6) is 11.5 Å². The van der Waals surface area contributed by atoms with E-state index in [1.54, 1.807) is 31.4 Å². The topological polar surface area (TPSA) is 49.8 Å². The van der Waals surface area contributed by atoms with Gasteiger partial charge in [-0.05, 0) is 37.6 Å². The number of piperidine rings is 1. The maximum Gasteiger partial charge on any atom is 0.167 e. The van der Waals surface area contributed by atoms with E-state index < -0.39 is 0 Å². The average Bonchev–Trinajstić information content (AvgIpc) is 2.63. The Morgan fingerprint density at radius 2 is 2.16 bits per heavy atom. The predicted octanol–water partition coefficient (Wildman–Crippen LogP) is 4.15. The number of benzene rings is 2. The van der Waals surface area contributed by atoms with Crippen LogP contribution in [0.2, 0.25) is 5.02 Å². The molecule has 0 aliphatic carbocycles. The first-order valence-electron chi connectivity index (χ1n) is 8.45. The van der Waals surface area contributed by atoms with Gasteiger partial charge in [0.1, 0.15) is 11.5 Å². The summed E-state index contributed by atoms with van der Waals surface area (Å²) in [6, 6.07) is 12.3. The number of aromatic hydroxyl groups is 1. The highest BCUT2D eigenvalue weighted by atomic mass is 35.5. The molecule has 0 saturated carbocycles. The number of halogens is 1. The SMILES string of the molecule is COc1cc(O)ccc1CN1CCCC(C(=O)c2cccc(Cl)c2)C1. The molecule has 1 N–H and O–H groups in total. The number of likely N-dealkylation sites (tertiary alicyclic amines) is 1. The summed E-state index contributed by atoms with van der Waals surface area (Å²) in [5.41, 5.74) is 1.69. The normalized spacial score (nSPS) is 18.1. The van der Waals surface area contributed by atoms with Crippen molar-refractivity contribution < 1.29 is 14.6 Å². The molecule has 0 aromatic heterocycles. The fraction of sp³-hybridized carbons (Fsp3) is 0.350. The van der Waals surface area contributed by atoms with E-state index in [-0.39, 0.29) is 17.5 Å². The summed E-state index contributed by atoms with van der Waals surface area (Å²) in [5, 5.41) is 10.2. The molecule has 132 valence electrons. The van der Waals surface area contributed by atoms with E-state index >= 15 is 0 Å². The summed E-state index contributed by atoms with van der Waals surface area (Å²) in [4.78, 5) is 15.0. The standard InChI is InChI=1S/C20H22ClNO3/c1-25-19-11-18(23)8-7-15(19)12-22-9-3-5-16(13-22)20(24)14-4-2-6-17(21)10-14/h2,4,6-8,10-11,16,23H,3,5,9,12-13H2,1H3. The second-order valence-corrected chi connectivity index (χ2v) is 6.88. The van der Waals surface area contributed by atoms with Crippen LogP contribution >= 0.6 is 11.6 Å². The molecule has 4 nitrogen and oxygen atoms in total. The zero-order chi connectivity index (χ0) is 17.8. The number of hydrogen-bond acceptors (Lipinski definition) is 4. The van der Waals surface area contributed by atoms with Gasteiger partial charge in [-0.2, -0.15) is 0 Å². The Morgan fingerprint density at radius 1 is 1.32 bits per heavy atom. The molecule has 1 saturated heterocycles. The van der Waals surface area contributed by atoms with Crippen LogP contribution in [0.25, 0.3) is 0 Å². The molecule has 1 unspecified atom stereocenters. The number of Topliss-reactive ketones (excluding diaryl/α,β-unsaturated/α-hetero) is 1. The smallest absolute Gasteiger partial charge is 0.167 e. The zero-order valence-corrected chi connectivity index (χ0v) is 15.0. The Kier molecular flexibility index (Phi) is 5.61. The molecule has 5 heteroatoms. The van der Waals surface area contributed by atoms with Crippen LogP contribution < -0.4 is 4.74 Å². The van der Waals surface area contributed by atoms with Crippen molar-refractivity contribution in [3.05, 3.63) is 58.6 Å². The third-order valence-corrected chi connectivity index (χ3v) is 4.89. The zero-order valence-electron chi connectivity index (χ0n) is 14.2. The second kappa shape index (κ2) is 7.89. The minimum atomic E-state index is -0.0182. The second-order valence-electron chi connectivity index (χ2n) is 6.45. The number of phenols is 1. The van der Waals surface area contributed by atoms with E-state index in [9.17, 15) is 9.90 Å². The van der Waals surface area contributed by atoms with Crippen molar-refractivity contribution in [2.75, 3.05) is 20.2 Å². The lowest BCUT2D eigenvalue weighted by atomic mass is 9.90. The van der Waals surface area contributed by atoms with Crippen molar-refractivity contribution in [3.63, 3.8) is 0 Å². The van der Waals surface area contributed by atoms with E-state index in [4.69, 9.17) is 16.3 Å². The van der Waals surface area contributed by atoms with Crippen molar-refractivity contribution in [2.45, 2.75) is 19.4 Å². The van der Waals surface area contributed by atoms with E-state index in [0.29, 0.717) is 22.9 Å². The van der Waals surface area contributed by atoms with Gasteiger partial charge in [0.15, 0.2) is 5.78 Å². The molecular formula is C20H22ClNO3. The lowest BCUT2D eigenvalue weighted by Crippen LogP contribution is -2.38. The van der Waals surface area contributed by atoms with Gasteiger partial charge in [-0.1, -0.05) is 29.8 Å². The number of nitrogens with zero attached hydrogens (tertiary/aromatic N) is 1. The quantitative estimate of drug-likeness (QED) is 0.815. The van der Waals surface area contributed by atoms with Gasteiger partial charge < -0.3 is 9.84 Å². The molecule has 0 amide bonds. The number of hydrogen-bond donors (Lipinski definition) is 1. The van der Waals surface area contributed by atoms with Crippen molar-refractivity contribution in [1.29, 1.82) is 0 Å². The van der Waals surface area contributed by atoms with Crippen LogP contribution in [0.15, 0.2) is 42.5 Å². The van der Waals surface area contributed by atoms with Crippen molar-refractivity contribution >= 4 is 17.4 Å². The monoisotopic (exact) mass is 359 g/mol. The van der Waals surface area contributed by atoms with E-state index in [2.05, 4.69) is 4.90 Å². The number of ketones is 1. The van der Waals surface area contributed by atoms with Crippen LogP contribution in [0.1, 0.15) is 28.8 Å². The first kappa shape index (κ1) is 17.8. The highest BCUT2D eigenvalue weighted by Crippen LogP contribution is 2.28. The molecule has 0 radical (unpaired) electrons. The van der Waals surface area contributed by atoms with Crippen LogP contribution in [-0.4, -0.2) is 36.0 Å². The number of methoxy groups -OCH3 is 1. The van der Waals surface area contributed by atoms with Gasteiger partial charge in [0.05, 0.1) is 7.11 Å². The molecule has 3 rings (SSSR count). The van der Waals surface area contributed by atoms with Crippen LogP contribution in [0, 0.1) is 5.92 Å². The highest BCUT2D eigenvalue weighted by molar-refractivity contribution is 6.31. The summed E-state index contributed by atoms with van der Waals surface area (Å²) < 4.78 is 5.36. The molecule has 1 atom stereocenters. The molecule has 1 aliphatic rings. The Hall–Kier alpha value is -2.04. The van der Waals surface area contributed by atoms with Gasteiger partial charge >= 0.3 is 0 Å². The molecular weight excluding hydrogens is 338 g/mol. The molecule has 1 heterocycles. The first-order valence-corrected chi connectivity index (χ1v) is 8.82. The van der Waals surface area contributed by atoms with Gasteiger partial charge in [-0.25, -0.2) is 0 Å². The minimum Gasteiger partial charge on any atom is -0.508 e. The van der Waals surface area contributed by atoms with Gasteiger partial charge in [-0.15, -0.1) is 0 Å². The first-order chi connectivity index (χ1) is 12.1. The molecule has 1 fully saturated rings. The maximum atomic E-state index is 12.8. The van der Waals surface area contributed by atoms with Crippen molar-refractivity contribution in [1.82, 2.24) is 4.90 Å². The van der Waals surface area contributed by atoms with Gasteiger partial charge in [0.2, 0.25) is 0 Å². The Bertz CT molecular complexity index is 762. The molecule has 0 spiro atoms. The number of phenolic OH excluding ortho intramolecular Hbond substituents is 1. The van der Waals surface area contributed by atoms with E-state index in [0.717, 1.165) is 31.5 Å². The van der Waals surface area contributed by atoms with E-state index in [1.807, 2.05) is 18.2 Å². The molecule has 2 aromatic carbocycles. The molecule has 0 bridgehead atoms. The number of carbonyl (C=O) groups excluding carboxylic acids is 1. The van der Waals surface area contributed by atoms with Crippen molar-refractivity contribution in [3.8, 4) is 11.5 Å². The summed E-state index contributed by atoms with van der Waals surface area (Å²) in [5.74, 6) is 0.997. The van der Waals surface area contributed by atoms with Crippen LogP contribution in [0.3, 0.4) is 0 Å². The predicted molar refractivity (Wildman–Crippen MR) is 98.4 cm³/mol. The molecule has 1 aliphatic heterocycles. The fourth-order valence-electron chi connectivity index (χ4n) is 3.40. The van der Waals surface area contributed by atoms with Crippen LogP contribution in [0.4, 0.5) is 0 Å².